The van der Waals surface area contributed by atoms with E-state index in [4.69, 9.17) is 9.47 Å². The Morgan fingerprint density at radius 2 is 1.88 bits per heavy atom. The summed E-state index contributed by atoms with van der Waals surface area (Å²) in [5.41, 5.74) is 1.72. The maximum atomic E-state index is 12.3. The predicted octanol–water partition coefficient (Wildman–Crippen LogP) is 3.18. The van der Waals surface area contributed by atoms with Gasteiger partial charge in [0.1, 0.15) is 17.4 Å². The smallest absolute Gasteiger partial charge is 0.267 e. The van der Waals surface area contributed by atoms with Crippen LogP contribution in [0.5, 0.6) is 17.2 Å². The van der Waals surface area contributed by atoms with E-state index >= 15 is 0 Å². The number of hydrogen-bond acceptors (Lipinski definition) is 6. The average Bonchev–Trinajstić information content (AvgIpc) is 2.64. The van der Waals surface area contributed by atoms with Crippen molar-refractivity contribution in [3.05, 3.63) is 53.7 Å². The molecule has 7 heteroatoms. The molecule has 134 valence electrons. The normalized spacial score (nSPS) is 10.6. The topological polar surface area (TPSA) is 104 Å². The SMILES string of the molecule is COc1ccc(N/C=C(/C#N)C(=O)Nc2ccc(O)cc2C)cc1OC. The number of aromatic hydroxyl groups is 1. The van der Waals surface area contributed by atoms with Crippen molar-refractivity contribution in [2.24, 2.45) is 0 Å². The summed E-state index contributed by atoms with van der Waals surface area (Å²) in [6.45, 7) is 1.74. The minimum Gasteiger partial charge on any atom is -0.508 e. The molecule has 0 saturated heterocycles. The first-order valence-corrected chi connectivity index (χ1v) is 7.68. The van der Waals surface area contributed by atoms with Crippen LogP contribution >= 0.6 is 0 Å². The number of amides is 1. The van der Waals surface area contributed by atoms with Crippen molar-refractivity contribution >= 4 is 17.3 Å². The molecule has 0 fully saturated rings. The van der Waals surface area contributed by atoms with Gasteiger partial charge in [0.25, 0.3) is 5.91 Å². The van der Waals surface area contributed by atoms with Gasteiger partial charge in [0, 0.05) is 23.6 Å². The van der Waals surface area contributed by atoms with Crippen LogP contribution in [-0.4, -0.2) is 25.2 Å². The van der Waals surface area contributed by atoms with Crippen LogP contribution < -0.4 is 20.1 Å². The van der Waals surface area contributed by atoms with E-state index in [9.17, 15) is 15.2 Å². The third kappa shape index (κ3) is 4.45. The number of carbonyl (C=O) groups is 1. The van der Waals surface area contributed by atoms with Crippen LogP contribution in [0.15, 0.2) is 48.2 Å². The highest BCUT2D eigenvalue weighted by Crippen LogP contribution is 2.29. The molecule has 0 spiro atoms. The molecule has 26 heavy (non-hydrogen) atoms. The summed E-state index contributed by atoms with van der Waals surface area (Å²) in [6, 6.07) is 11.5. The number of aryl methyl sites for hydroxylation is 1. The summed E-state index contributed by atoms with van der Waals surface area (Å²) in [6.07, 6.45) is 1.31. The van der Waals surface area contributed by atoms with Crippen molar-refractivity contribution in [3.8, 4) is 23.3 Å². The van der Waals surface area contributed by atoms with E-state index < -0.39 is 5.91 Å². The number of benzene rings is 2. The molecule has 7 nitrogen and oxygen atoms in total. The summed E-state index contributed by atoms with van der Waals surface area (Å²) < 4.78 is 10.4. The van der Waals surface area contributed by atoms with E-state index in [-0.39, 0.29) is 11.3 Å². The molecule has 3 N–H and O–H groups in total. The van der Waals surface area contributed by atoms with Crippen molar-refractivity contribution in [1.29, 1.82) is 5.26 Å². The lowest BCUT2D eigenvalue weighted by Gasteiger charge is -2.10. The first-order valence-electron chi connectivity index (χ1n) is 7.68. The van der Waals surface area contributed by atoms with Gasteiger partial charge in [0.2, 0.25) is 0 Å². The van der Waals surface area contributed by atoms with E-state index in [1.54, 1.807) is 31.2 Å². The second kappa shape index (κ2) is 8.44. The van der Waals surface area contributed by atoms with Crippen molar-refractivity contribution in [2.75, 3.05) is 24.9 Å². The quantitative estimate of drug-likeness (QED) is 0.419. The first kappa shape index (κ1) is 18.7. The van der Waals surface area contributed by atoms with Crippen molar-refractivity contribution in [2.45, 2.75) is 6.92 Å². The summed E-state index contributed by atoms with van der Waals surface area (Å²) in [5.74, 6) is 0.637. The Kier molecular flexibility index (Phi) is 6.06. The highest BCUT2D eigenvalue weighted by molar-refractivity contribution is 6.07. The van der Waals surface area contributed by atoms with Gasteiger partial charge in [-0.25, -0.2) is 0 Å². The van der Waals surface area contributed by atoms with Crippen LogP contribution in [0.3, 0.4) is 0 Å². The Morgan fingerprint density at radius 3 is 2.50 bits per heavy atom. The van der Waals surface area contributed by atoms with Crippen LogP contribution in [0.25, 0.3) is 0 Å². The molecule has 0 heterocycles. The van der Waals surface area contributed by atoms with Crippen LogP contribution in [0, 0.1) is 18.3 Å². The number of hydrogen-bond donors (Lipinski definition) is 3. The number of nitrogens with zero attached hydrogens (tertiary/aromatic N) is 1. The zero-order valence-electron chi connectivity index (χ0n) is 14.7. The van der Waals surface area contributed by atoms with Crippen molar-refractivity contribution < 1.29 is 19.4 Å². The molecule has 0 saturated carbocycles. The monoisotopic (exact) mass is 353 g/mol. The van der Waals surface area contributed by atoms with Crippen LogP contribution in [0.2, 0.25) is 0 Å². The van der Waals surface area contributed by atoms with Gasteiger partial charge in [-0.2, -0.15) is 5.26 Å². The van der Waals surface area contributed by atoms with E-state index in [2.05, 4.69) is 10.6 Å². The molecule has 0 aliphatic carbocycles. The maximum Gasteiger partial charge on any atom is 0.267 e. The molecule has 0 aliphatic heterocycles. The largest absolute Gasteiger partial charge is 0.508 e. The fourth-order valence-corrected chi connectivity index (χ4v) is 2.21. The Labute approximate surface area is 151 Å². The maximum absolute atomic E-state index is 12.3. The molecule has 0 unspecified atom stereocenters. The van der Waals surface area contributed by atoms with Gasteiger partial charge in [-0.15, -0.1) is 0 Å². The number of nitriles is 1. The minimum atomic E-state index is -0.561. The van der Waals surface area contributed by atoms with Gasteiger partial charge in [-0.05, 0) is 42.8 Å². The Balaban J connectivity index is 2.14. The lowest BCUT2D eigenvalue weighted by Crippen LogP contribution is -2.15. The highest BCUT2D eigenvalue weighted by atomic mass is 16.5. The molecule has 0 aliphatic rings. The molecule has 0 radical (unpaired) electrons. The van der Waals surface area contributed by atoms with E-state index in [1.165, 1.54) is 32.6 Å². The van der Waals surface area contributed by atoms with Gasteiger partial charge in [0.05, 0.1) is 14.2 Å². The second-order valence-electron chi connectivity index (χ2n) is 5.34. The summed E-state index contributed by atoms with van der Waals surface area (Å²) >= 11 is 0. The number of phenolic OH excluding ortho intramolecular Hbond substituents is 1. The number of phenols is 1. The zero-order valence-corrected chi connectivity index (χ0v) is 14.7. The Hall–Kier alpha value is -3.66. The number of anilines is 2. The molecular weight excluding hydrogens is 334 g/mol. The summed E-state index contributed by atoms with van der Waals surface area (Å²) in [5, 5.41) is 24.2. The molecule has 2 aromatic rings. The fraction of sp³-hybridized carbons (Fsp3) is 0.158. The fourth-order valence-electron chi connectivity index (χ4n) is 2.21. The summed E-state index contributed by atoms with van der Waals surface area (Å²) in [7, 11) is 3.06. The van der Waals surface area contributed by atoms with E-state index in [1.807, 2.05) is 6.07 Å². The number of ether oxygens (including phenoxy) is 2. The van der Waals surface area contributed by atoms with Gasteiger partial charge in [-0.1, -0.05) is 0 Å². The van der Waals surface area contributed by atoms with Crippen molar-refractivity contribution in [1.82, 2.24) is 0 Å². The van der Waals surface area contributed by atoms with Crippen LogP contribution in [-0.2, 0) is 4.79 Å². The van der Waals surface area contributed by atoms with Gasteiger partial charge >= 0.3 is 0 Å². The Morgan fingerprint density at radius 1 is 1.15 bits per heavy atom. The number of rotatable bonds is 6. The first-order chi connectivity index (χ1) is 12.5. The van der Waals surface area contributed by atoms with Crippen molar-refractivity contribution in [3.63, 3.8) is 0 Å². The predicted molar refractivity (Wildman–Crippen MR) is 98.3 cm³/mol. The van der Waals surface area contributed by atoms with Gasteiger partial charge in [-0.3, -0.25) is 4.79 Å². The zero-order chi connectivity index (χ0) is 19.1. The molecule has 0 aromatic heterocycles. The molecular formula is C19H19N3O4. The number of carbonyl (C=O) groups excluding carboxylic acids is 1. The van der Waals surface area contributed by atoms with Crippen LogP contribution in [0.4, 0.5) is 11.4 Å². The number of nitrogens with one attached hydrogen (secondary N) is 2. The summed E-state index contributed by atoms with van der Waals surface area (Å²) in [4.78, 5) is 12.3. The molecule has 2 aromatic carbocycles. The van der Waals surface area contributed by atoms with Gasteiger partial charge < -0.3 is 25.2 Å². The third-order valence-corrected chi connectivity index (χ3v) is 3.59. The van der Waals surface area contributed by atoms with E-state index in [0.717, 1.165) is 0 Å². The number of methoxy groups -OCH3 is 2. The third-order valence-electron chi connectivity index (χ3n) is 3.59. The lowest BCUT2D eigenvalue weighted by molar-refractivity contribution is -0.112. The second-order valence-corrected chi connectivity index (χ2v) is 5.34. The molecule has 0 atom stereocenters. The van der Waals surface area contributed by atoms with Gasteiger partial charge in [0.15, 0.2) is 11.5 Å². The van der Waals surface area contributed by atoms with E-state index in [0.29, 0.717) is 28.4 Å². The van der Waals surface area contributed by atoms with Crippen LogP contribution in [0.1, 0.15) is 5.56 Å². The average molecular weight is 353 g/mol. The minimum absolute atomic E-state index is 0.103. The molecule has 0 bridgehead atoms. The highest BCUT2D eigenvalue weighted by Gasteiger charge is 2.11. The Bertz CT molecular complexity index is 885. The lowest BCUT2D eigenvalue weighted by atomic mass is 10.2. The molecule has 2 rings (SSSR count). The molecule has 1 amide bonds. The standard InChI is InChI=1S/C19H19N3O4/c1-12-8-15(23)5-6-16(12)22-19(24)13(10-20)11-21-14-4-7-17(25-2)18(9-14)26-3/h4-9,11,21,23H,1-3H3,(H,22,24)/b13-11-.